The minimum Gasteiger partial charge on any atom is -0.396 e. The van der Waals surface area contributed by atoms with Crippen LogP contribution < -0.4 is 10.6 Å². The largest absolute Gasteiger partial charge is 0.396 e. The normalized spacial score (nSPS) is 14.6. The molecule has 0 aromatic carbocycles. The second-order valence-corrected chi connectivity index (χ2v) is 5.33. The Bertz CT molecular complexity index is 457. The van der Waals surface area contributed by atoms with Crippen LogP contribution in [0.3, 0.4) is 0 Å². The fourth-order valence-corrected chi connectivity index (χ4v) is 1.98. The fraction of sp³-hybridized carbons (Fsp3) is 0.571. The molecule has 0 radical (unpaired) electrons. The molecule has 4 nitrogen and oxygen atoms in total. The van der Waals surface area contributed by atoms with Crippen LogP contribution in [0.25, 0.3) is 0 Å². The Morgan fingerprint density at radius 3 is 2.78 bits per heavy atom. The highest BCUT2D eigenvalue weighted by atomic mass is 15.2. The van der Waals surface area contributed by atoms with E-state index in [1.165, 1.54) is 12.8 Å². The second-order valence-electron chi connectivity index (χ2n) is 5.33. The summed E-state index contributed by atoms with van der Waals surface area (Å²) in [5.74, 6) is 1.57. The van der Waals surface area contributed by atoms with E-state index in [-0.39, 0.29) is 0 Å². The Kier molecular flexibility index (Phi) is 3.71. The Labute approximate surface area is 108 Å². The minimum atomic E-state index is 0.336. The van der Waals surface area contributed by atoms with Crippen LogP contribution in [0.15, 0.2) is 12.1 Å². The molecule has 0 unspecified atom stereocenters. The van der Waals surface area contributed by atoms with Gasteiger partial charge in [0.2, 0.25) is 0 Å². The molecular weight excluding hydrogens is 224 g/mol. The zero-order valence-electron chi connectivity index (χ0n) is 11.1. The molecule has 0 bridgehead atoms. The van der Waals surface area contributed by atoms with Crippen molar-refractivity contribution in [1.29, 1.82) is 5.26 Å². The third-order valence-corrected chi connectivity index (χ3v) is 3.25. The predicted molar refractivity (Wildman–Crippen MR) is 73.2 cm³/mol. The van der Waals surface area contributed by atoms with E-state index in [1.54, 1.807) is 6.07 Å². The Morgan fingerprint density at radius 1 is 1.50 bits per heavy atom. The molecule has 0 atom stereocenters. The average molecular weight is 244 g/mol. The molecule has 1 saturated carbocycles. The van der Waals surface area contributed by atoms with Crippen molar-refractivity contribution in [3.05, 3.63) is 17.8 Å². The number of hydrogen-bond donors (Lipinski definition) is 1. The number of nitrogens with zero attached hydrogens (tertiary/aromatic N) is 3. The number of nitrogen functional groups attached to an aromatic ring is 1. The van der Waals surface area contributed by atoms with Crippen molar-refractivity contribution in [3.63, 3.8) is 0 Å². The summed E-state index contributed by atoms with van der Waals surface area (Å²) in [6, 6.07) is 6.36. The van der Waals surface area contributed by atoms with Gasteiger partial charge in [-0.15, -0.1) is 0 Å². The first-order valence-electron chi connectivity index (χ1n) is 6.55. The lowest BCUT2D eigenvalue weighted by Gasteiger charge is -2.24. The third kappa shape index (κ3) is 2.92. The van der Waals surface area contributed by atoms with E-state index >= 15 is 0 Å². The summed E-state index contributed by atoms with van der Waals surface area (Å²) in [5.41, 5.74) is 6.51. The number of hydrogen-bond acceptors (Lipinski definition) is 4. The predicted octanol–water partition coefficient (Wildman–Crippen LogP) is 2.55. The van der Waals surface area contributed by atoms with Crippen LogP contribution in [0.4, 0.5) is 11.5 Å². The number of nitrogens with two attached hydrogens (primary N) is 1. The summed E-state index contributed by atoms with van der Waals surface area (Å²) >= 11 is 0. The molecule has 1 heterocycles. The summed E-state index contributed by atoms with van der Waals surface area (Å²) in [4.78, 5) is 6.69. The van der Waals surface area contributed by atoms with Crippen molar-refractivity contribution in [2.24, 2.45) is 5.92 Å². The van der Waals surface area contributed by atoms with Crippen molar-refractivity contribution in [3.8, 4) is 6.07 Å². The number of pyridine rings is 1. The summed E-state index contributed by atoms with van der Waals surface area (Å²) in [6.07, 6.45) is 3.60. The molecule has 1 aromatic rings. The first-order chi connectivity index (χ1) is 8.61. The van der Waals surface area contributed by atoms with Crippen LogP contribution >= 0.6 is 0 Å². The molecular formula is C14H20N4. The maximum Gasteiger partial charge on any atom is 0.165 e. The highest BCUT2D eigenvalue weighted by Crippen LogP contribution is 2.31. The second kappa shape index (κ2) is 5.26. The summed E-state index contributed by atoms with van der Waals surface area (Å²) in [7, 11) is 0. The van der Waals surface area contributed by atoms with Crippen molar-refractivity contribution < 1.29 is 0 Å². The van der Waals surface area contributed by atoms with Crippen LogP contribution in [-0.2, 0) is 0 Å². The van der Waals surface area contributed by atoms with Crippen LogP contribution in [-0.4, -0.2) is 17.6 Å². The number of nitriles is 1. The van der Waals surface area contributed by atoms with E-state index in [1.807, 2.05) is 6.07 Å². The zero-order chi connectivity index (χ0) is 13.1. The lowest BCUT2D eigenvalue weighted by Crippen LogP contribution is -2.28. The standard InChI is InChI=1S/C14H20N4/c1-10(2)7-8-18(11-3-4-11)14-6-5-12(16)13(9-15)17-14/h5-6,10-11H,3-4,7-8,16H2,1-2H3. The van der Waals surface area contributed by atoms with Crippen molar-refractivity contribution in [2.75, 3.05) is 17.2 Å². The third-order valence-electron chi connectivity index (χ3n) is 3.25. The van der Waals surface area contributed by atoms with Crippen molar-refractivity contribution >= 4 is 11.5 Å². The van der Waals surface area contributed by atoms with Gasteiger partial charge in [0.05, 0.1) is 5.69 Å². The van der Waals surface area contributed by atoms with Crippen LogP contribution in [0.2, 0.25) is 0 Å². The quantitative estimate of drug-likeness (QED) is 0.864. The van der Waals surface area contributed by atoms with Gasteiger partial charge >= 0.3 is 0 Å². The van der Waals surface area contributed by atoms with Crippen molar-refractivity contribution in [1.82, 2.24) is 4.98 Å². The minimum absolute atomic E-state index is 0.336. The van der Waals surface area contributed by atoms with E-state index in [0.717, 1.165) is 18.8 Å². The molecule has 0 spiro atoms. The lowest BCUT2D eigenvalue weighted by molar-refractivity contribution is 0.568. The van der Waals surface area contributed by atoms with E-state index < -0.39 is 0 Å². The van der Waals surface area contributed by atoms with Crippen LogP contribution in [0, 0.1) is 17.2 Å². The van der Waals surface area contributed by atoms with E-state index in [0.29, 0.717) is 23.3 Å². The SMILES string of the molecule is CC(C)CCN(c1ccc(N)c(C#N)n1)C1CC1. The molecule has 0 aliphatic heterocycles. The van der Waals surface area contributed by atoms with Gasteiger partial charge in [0.1, 0.15) is 11.9 Å². The van der Waals surface area contributed by atoms with Gasteiger partial charge in [-0.3, -0.25) is 0 Å². The summed E-state index contributed by atoms with van der Waals surface area (Å²) < 4.78 is 0. The van der Waals surface area contributed by atoms with Gasteiger partial charge in [-0.1, -0.05) is 13.8 Å². The van der Waals surface area contributed by atoms with Gasteiger partial charge in [0, 0.05) is 12.6 Å². The van der Waals surface area contributed by atoms with Gasteiger partial charge in [0.25, 0.3) is 0 Å². The molecule has 1 fully saturated rings. The fourth-order valence-electron chi connectivity index (χ4n) is 1.98. The van der Waals surface area contributed by atoms with Gasteiger partial charge in [-0.05, 0) is 37.3 Å². The molecule has 0 saturated heterocycles. The highest BCUT2D eigenvalue weighted by Gasteiger charge is 2.30. The van der Waals surface area contributed by atoms with E-state index in [2.05, 4.69) is 29.8 Å². The first-order valence-corrected chi connectivity index (χ1v) is 6.55. The molecule has 2 N–H and O–H groups in total. The number of anilines is 2. The first kappa shape index (κ1) is 12.7. The zero-order valence-corrected chi connectivity index (χ0v) is 11.1. The van der Waals surface area contributed by atoms with Gasteiger partial charge in [-0.2, -0.15) is 5.26 Å². The lowest BCUT2D eigenvalue weighted by atomic mass is 10.1. The number of aromatic nitrogens is 1. The Morgan fingerprint density at radius 2 is 2.22 bits per heavy atom. The van der Waals surface area contributed by atoms with Crippen LogP contribution in [0.1, 0.15) is 38.8 Å². The van der Waals surface area contributed by atoms with E-state index in [9.17, 15) is 0 Å². The molecule has 96 valence electrons. The van der Waals surface area contributed by atoms with E-state index in [4.69, 9.17) is 11.0 Å². The van der Waals surface area contributed by atoms with Gasteiger partial charge < -0.3 is 10.6 Å². The molecule has 1 aliphatic carbocycles. The highest BCUT2D eigenvalue weighted by molar-refractivity contribution is 5.56. The number of rotatable bonds is 5. The topological polar surface area (TPSA) is 65.9 Å². The molecule has 1 aliphatic rings. The van der Waals surface area contributed by atoms with Gasteiger partial charge in [0.15, 0.2) is 5.69 Å². The van der Waals surface area contributed by atoms with Crippen LogP contribution in [0.5, 0.6) is 0 Å². The Hall–Kier alpha value is -1.76. The molecule has 2 rings (SSSR count). The average Bonchev–Trinajstić information content (AvgIpc) is 3.15. The maximum absolute atomic E-state index is 8.99. The maximum atomic E-state index is 8.99. The molecule has 18 heavy (non-hydrogen) atoms. The summed E-state index contributed by atoms with van der Waals surface area (Å²) in [6.45, 7) is 5.45. The summed E-state index contributed by atoms with van der Waals surface area (Å²) in [5, 5.41) is 8.99. The smallest absolute Gasteiger partial charge is 0.165 e. The molecule has 1 aromatic heterocycles. The molecule has 4 heteroatoms. The monoisotopic (exact) mass is 244 g/mol. The molecule has 0 amide bonds. The Balaban J connectivity index is 2.17. The van der Waals surface area contributed by atoms with Gasteiger partial charge in [-0.25, -0.2) is 4.98 Å². The van der Waals surface area contributed by atoms with Crippen molar-refractivity contribution in [2.45, 2.75) is 39.2 Å².